The van der Waals surface area contributed by atoms with Gasteiger partial charge in [-0.15, -0.1) is 5.10 Å². The Morgan fingerprint density at radius 2 is 2.03 bits per heavy atom. The molecule has 1 aliphatic heterocycles. The normalized spacial score (nSPS) is 24.8. The van der Waals surface area contributed by atoms with Crippen LogP contribution in [0.1, 0.15) is 50.5 Å². The van der Waals surface area contributed by atoms with Crippen LogP contribution in [0.25, 0.3) is 5.52 Å². The van der Waals surface area contributed by atoms with E-state index in [1.54, 1.807) is 0 Å². The third kappa shape index (κ3) is 3.97. The van der Waals surface area contributed by atoms with Gasteiger partial charge in [0.05, 0.1) is 18.5 Å². The lowest BCUT2D eigenvalue weighted by molar-refractivity contribution is -0.139. The van der Waals surface area contributed by atoms with Crippen LogP contribution in [-0.4, -0.2) is 63.9 Å². The van der Waals surface area contributed by atoms with E-state index < -0.39 is 39.5 Å². The highest BCUT2D eigenvalue weighted by Gasteiger charge is 2.45. The lowest BCUT2D eigenvalue weighted by Crippen LogP contribution is -2.49. The van der Waals surface area contributed by atoms with Crippen molar-refractivity contribution in [2.24, 2.45) is 0 Å². The zero-order valence-corrected chi connectivity index (χ0v) is 18.0. The Morgan fingerprint density at radius 1 is 1.32 bits per heavy atom. The lowest BCUT2D eigenvalue weighted by Gasteiger charge is -2.39. The number of nitrogens with one attached hydrogen (secondary N) is 1. The highest BCUT2D eigenvalue weighted by molar-refractivity contribution is 7.88. The topological polar surface area (TPSA) is 92.5 Å². The van der Waals surface area contributed by atoms with Gasteiger partial charge in [0.2, 0.25) is 16.0 Å². The number of rotatable bonds is 5. The molecule has 8 nitrogen and oxygen atoms in total. The SMILES string of the molecule is CCC1(c2nc(C(F)(F)F)c3cnc(N[C@@H]4CCN(S(C)(=O)=O)C[C@H]4F)nn23)CCC1. The van der Waals surface area contributed by atoms with Gasteiger partial charge < -0.3 is 5.32 Å². The molecule has 1 N–H and O–H groups in total. The number of sulfonamides is 1. The maximum Gasteiger partial charge on any atom is 0.435 e. The standard InChI is InChI=1S/C18H24F4N6O2S/c1-3-17(6-4-7-17)15-25-14(18(20,21)22)13-9-23-16(26-28(13)15)24-12-5-8-27(10-11(12)19)31(2,29)30/h9,11-12H,3-8,10H2,1-2H3,(H,24,26)/t11-,12-/m1/s1. The first-order valence-corrected chi connectivity index (χ1v) is 12.0. The van der Waals surface area contributed by atoms with E-state index in [1.165, 1.54) is 4.52 Å². The largest absolute Gasteiger partial charge is 0.435 e. The third-order valence-corrected chi connectivity index (χ3v) is 7.68. The molecule has 0 spiro atoms. The molecule has 1 aliphatic carbocycles. The number of piperidine rings is 1. The highest BCUT2D eigenvalue weighted by Crippen LogP contribution is 2.47. The summed E-state index contributed by atoms with van der Waals surface area (Å²) in [7, 11) is -3.50. The number of nitrogens with zero attached hydrogens (tertiary/aromatic N) is 5. The van der Waals surface area contributed by atoms with Crippen LogP contribution in [-0.2, 0) is 21.6 Å². The van der Waals surface area contributed by atoms with Gasteiger partial charge in [0.25, 0.3) is 0 Å². The van der Waals surface area contributed by atoms with Crippen molar-refractivity contribution in [1.82, 2.24) is 23.9 Å². The van der Waals surface area contributed by atoms with Gasteiger partial charge in [-0.25, -0.2) is 27.3 Å². The van der Waals surface area contributed by atoms with E-state index in [2.05, 4.69) is 20.4 Å². The first-order valence-electron chi connectivity index (χ1n) is 10.1. The number of hydrogen-bond acceptors (Lipinski definition) is 6. The number of fused-ring (bicyclic) bond motifs is 1. The summed E-state index contributed by atoms with van der Waals surface area (Å²) in [5, 5.41) is 7.06. The monoisotopic (exact) mass is 464 g/mol. The Balaban J connectivity index is 1.66. The van der Waals surface area contributed by atoms with E-state index in [-0.39, 0.29) is 36.8 Å². The molecule has 0 unspecified atom stereocenters. The summed E-state index contributed by atoms with van der Waals surface area (Å²) in [6.07, 6.45) is -0.920. The van der Waals surface area contributed by atoms with E-state index in [0.29, 0.717) is 6.42 Å². The van der Waals surface area contributed by atoms with Crippen molar-refractivity contribution in [3.63, 3.8) is 0 Å². The van der Waals surface area contributed by atoms with Crippen LogP contribution < -0.4 is 5.32 Å². The minimum atomic E-state index is -4.65. The van der Waals surface area contributed by atoms with Gasteiger partial charge in [0.15, 0.2) is 5.69 Å². The van der Waals surface area contributed by atoms with Gasteiger partial charge in [-0.1, -0.05) is 13.3 Å². The molecule has 2 aromatic rings. The maximum absolute atomic E-state index is 14.6. The molecule has 0 radical (unpaired) electrons. The summed E-state index contributed by atoms with van der Waals surface area (Å²) in [4.78, 5) is 7.89. The van der Waals surface area contributed by atoms with Crippen LogP contribution >= 0.6 is 0 Å². The Hall–Kier alpha value is -2.02. The van der Waals surface area contributed by atoms with Gasteiger partial charge in [-0.3, -0.25) is 0 Å². The fraction of sp³-hybridized carbons (Fsp3) is 0.722. The predicted molar refractivity (Wildman–Crippen MR) is 105 cm³/mol. The zero-order valence-electron chi connectivity index (χ0n) is 17.2. The molecule has 2 aliphatic rings. The zero-order chi connectivity index (χ0) is 22.6. The quantitative estimate of drug-likeness (QED) is 0.685. The lowest BCUT2D eigenvalue weighted by atomic mass is 9.66. The maximum atomic E-state index is 14.6. The summed E-state index contributed by atoms with van der Waals surface area (Å²) >= 11 is 0. The van der Waals surface area contributed by atoms with E-state index in [1.807, 2.05) is 6.92 Å². The second-order valence-electron chi connectivity index (χ2n) is 8.32. The number of halogens is 4. The van der Waals surface area contributed by atoms with Crippen molar-refractivity contribution in [2.75, 3.05) is 24.7 Å². The molecule has 0 amide bonds. The number of imidazole rings is 1. The van der Waals surface area contributed by atoms with Gasteiger partial charge in [-0.05, 0) is 25.7 Å². The molecule has 0 aromatic carbocycles. The summed E-state index contributed by atoms with van der Waals surface area (Å²) < 4.78 is 80.7. The second-order valence-corrected chi connectivity index (χ2v) is 10.3. The summed E-state index contributed by atoms with van der Waals surface area (Å²) in [5.41, 5.74) is -1.74. The van der Waals surface area contributed by atoms with Gasteiger partial charge in [-0.2, -0.15) is 17.5 Å². The predicted octanol–water partition coefficient (Wildman–Crippen LogP) is 2.76. The van der Waals surface area contributed by atoms with Crippen LogP contribution in [0.2, 0.25) is 0 Å². The van der Waals surface area contributed by atoms with Crippen LogP contribution in [0.3, 0.4) is 0 Å². The summed E-state index contributed by atoms with van der Waals surface area (Å²) in [5.74, 6) is 0.226. The smallest absolute Gasteiger partial charge is 0.347 e. The third-order valence-electron chi connectivity index (χ3n) is 6.41. The molecule has 172 valence electrons. The Kier molecular flexibility index (Phi) is 5.39. The molecule has 2 aromatic heterocycles. The van der Waals surface area contributed by atoms with Crippen LogP contribution in [0.4, 0.5) is 23.5 Å². The molecule has 1 saturated carbocycles. The van der Waals surface area contributed by atoms with E-state index in [9.17, 15) is 26.0 Å². The van der Waals surface area contributed by atoms with Crippen LogP contribution in [0, 0.1) is 0 Å². The fourth-order valence-corrected chi connectivity index (χ4v) is 5.20. The molecule has 31 heavy (non-hydrogen) atoms. The Labute approximate surface area is 177 Å². The molecule has 3 heterocycles. The van der Waals surface area contributed by atoms with Crippen LogP contribution in [0.15, 0.2) is 6.20 Å². The average Bonchev–Trinajstić information content (AvgIpc) is 3.02. The molecule has 2 fully saturated rings. The van der Waals surface area contributed by atoms with Crippen LogP contribution in [0.5, 0.6) is 0 Å². The minimum Gasteiger partial charge on any atom is -0.347 e. The Bertz CT molecular complexity index is 1080. The van der Waals surface area contributed by atoms with Gasteiger partial charge in [0, 0.05) is 18.5 Å². The van der Waals surface area contributed by atoms with E-state index >= 15 is 0 Å². The van der Waals surface area contributed by atoms with Crippen molar-refractivity contribution >= 4 is 21.5 Å². The highest BCUT2D eigenvalue weighted by atomic mass is 32.2. The van der Waals surface area contributed by atoms with Crippen molar-refractivity contribution in [3.05, 3.63) is 17.7 Å². The van der Waals surface area contributed by atoms with Crippen molar-refractivity contribution in [2.45, 2.75) is 62.8 Å². The average molecular weight is 464 g/mol. The summed E-state index contributed by atoms with van der Waals surface area (Å²) in [6, 6.07) is -0.756. The van der Waals surface area contributed by atoms with Gasteiger partial charge >= 0.3 is 6.18 Å². The molecule has 4 rings (SSSR count). The number of anilines is 1. The molecule has 13 heteroatoms. The number of alkyl halides is 4. The molecular formula is C18H24F4N6O2S. The summed E-state index contributed by atoms with van der Waals surface area (Å²) in [6.45, 7) is 1.75. The molecular weight excluding hydrogens is 440 g/mol. The fourth-order valence-electron chi connectivity index (χ4n) is 4.35. The first kappa shape index (κ1) is 22.2. The Morgan fingerprint density at radius 3 is 2.55 bits per heavy atom. The van der Waals surface area contributed by atoms with Crippen molar-refractivity contribution in [1.29, 1.82) is 0 Å². The second kappa shape index (κ2) is 7.54. The molecule has 2 atom stereocenters. The van der Waals surface area contributed by atoms with Crippen molar-refractivity contribution < 1.29 is 26.0 Å². The number of hydrogen-bond donors (Lipinski definition) is 1. The van der Waals surface area contributed by atoms with E-state index in [0.717, 1.165) is 36.0 Å². The van der Waals surface area contributed by atoms with Crippen molar-refractivity contribution in [3.8, 4) is 0 Å². The molecule has 1 saturated heterocycles. The van der Waals surface area contributed by atoms with E-state index in [4.69, 9.17) is 0 Å². The number of aromatic nitrogens is 4. The van der Waals surface area contributed by atoms with Gasteiger partial charge in [0.1, 0.15) is 17.5 Å². The first-order chi connectivity index (χ1) is 14.4. The molecule has 0 bridgehead atoms. The minimum absolute atomic E-state index is 0.0223.